The molecule has 1 aliphatic heterocycles. The maximum absolute atomic E-state index is 12.5. The normalized spacial score (nSPS) is 13.2. The van der Waals surface area contributed by atoms with Crippen LogP contribution >= 0.6 is 0 Å². The fourth-order valence-electron chi connectivity index (χ4n) is 2.83. The molecule has 2 heterocycles. The molecule has 2 aromatic rings. The lowest BCUT2D eigenvalue weighted by molar-refractivity contribution is -0.124. The molecule has 1 aromatic heterocycles. The first-order valence-corrected chi connectivity index (χ1v) is 7.81. The fraction of sp³-hybridized carbons (Fsp3) is 0.278. The molecule has 1 aromatic carbocycles. The van der Waals surface area contributed by atoms with Gasteiger partial charge in [-0.2, -0.15) is 0 Å². The molecular weight excluding hydrogens is 324 g/mol. The average Bonchev–Trinajstić information content (AvgIpc) is 2.84. The number of ether oxygens (including phenoxy) is 1. The molecule has 0 fully saturated rings. The quantitative estimate of drug-likeness (QED) is 0.865. The molecule has 0 saturated carbocycles. The molecule has 1 N–H and O–H groups in total. The number of nitrogens with one attached hydrogen (secondary N) is 1. The van der Waals surface area contributed by atoms with Gasteiger partial charge in [0.25, 0.3) is 5.91 Å². The number of rotatable bonds is 3. The van der Waals surface area contributed by atoms with Crippen LogP contribution in [0.1, 0.15) is 27.4 Å². The predicted molar refractivity (Wildman–Crippen MR) is 90.6 cm³/mol. The molecular formula is C18H18N2O5. The first-order chi connectivity index (χ1) is 11.9. The highest BCUT2D eigenvalue weighted by Gasteiger charge is 2.28. The Morgan fingerprint density at radius 1 is 1.20 bits per heavy atom. The van der Waals surface area contributed by atoms with E-state index in [-0.39, 0.29) is 12.5 Å². The number of furan rings is 1. The van der Waals surface area contributed by atoms with Gasteiger partial charge < -0.3 is 14.5 Å². The minimum atomic E-state index is -0.616. The van der Waals surface area contributed by atoms with Crippen LogP contribution in [0.4, 0.5) is 11.4 Å². The van der Waals surface area contributed by atoms with Gasteiger partial charge in [0.05, 0.1) is 11.4 Å². The number of amides is 2. The zero-order chi connectivity index (χ0) is 18.1. The van der Waals surface area contributed by atoms with Gasteiger partial charge in [0.2, 0.25) is 5.91 Å². The van der Waals surface area contributed by atoms with E-state index in [0.717, 1.165) is 0 Å². The van der Waals surface area contributed by atoms with E-state index >= 15 is 0 Å². The van der Waals surface area contributed by atoms with E-state index in [4.69, 9.17) is 9.15 Å². The van der Waals surface area contributed by atoms with E-state index in [0.29, 0.717) is 34.0 Å². The minimum Gasteiger partial charge on any atom is -0.465 e. The Kier molecular flexibility index (Phi) is 4.31. The second kappa shape index (κ2) is 6.43. The highest BCUT2D eigenvalue weighted by atomic mass is 16.5. The number of esters is 1. The lowest BCUT2D eigenvalue weighted by Gasteiger charge is -2.28. The third-order valence-electron chi connectivity index (χ3n) is 4.16. The molecule has 3 rings (SSSR count). The molecule has 0 radical (unpaired) electrons. The Balaban J connectivity index is 1.73. The summed E-state index contributed by atoms with van der Waals surface area (Å²) in [6.45, 7) is 4.62. The second-order valence-electron chi connectivity index (χ2n) is 5.84. The second-order valence-corrected chi connectivity index (χ2v) is 5.84. The molecule has 0 unspecified atom stereocenters. The van der Waals surface area contributed by atoms with Crippen LogP contribution in [-0.4, -0.2) is 30.9 Å². The Labute approximate surface area is 144 Å². The summed E-state index contributed by atoms with van der Waals surface area (Å²) in [7, 11) is 0. The summed E-state index contributed by atoms with van der Waals surface area (Å²) >= 11 is 0. The Bertz CT molecular complexity index is 868. The summed E-state index contributed by atoms with van der Waals surface area (Å²) in [5.74, 6) is -0.288. The summed E-state index contributed by atoms with van der Waals surface area (Å²) in [5, 5.41) is 2.70. The van der Waals surface area contributed by atoms with Gasteiger partial charge in [0.15, 0.2) is 6.61 Å². The molecule has 7 heteroatoms. The van der Waals surface area contributed by atoms with Gasteiger partial charge in [-0.15, -0.1) is 0 Å². The fourth-order valence-corrected chi connectivity index (χ4v) is 2.83. The van der Waals surface area contributed by atoms with Gasteiger partial charge in [0, 0.05) is 5.56 Å². The van der Waals surface area contributed by atoms with Crippen LogP contribution in [0.25, 0.3) is 0 Å². The third kappa shape index (κ3) is 3.13. The van der Waals surface area contributed by atoms with E-state index in [1.54, 1.807) is 45.0 Å². The number of carbonyl (C=O) groups excluding carboxylic acids is 3. The predicted octanol–water partition coefficient (Wildman–Crippen LogP) is 2.35. The van der Waals surface area contributed by atoms with Crippen molar-refractivity contribution in [1.29, 1.82) is 0 Å². The van der Waals surface area contributed by atoms with Crippen molar-refractivity contribution in [2.45, 2.75) is 20.8 Å². The maximum Gasteiger partial charge on any atom is 0.342 e. The number of anilines is 2. The van der Waals surface area contributed by atoms with Gasteiger partial charge in [-0.05, 0) is 32.9 Å². The average molecular weight is 342 g/mol. The number of fused-ring (bicyclic) bond motifs is 1. The monoisotopic (exact) mass is 342 g/mol. The van der Waals surface area contributed by atoms with Crippen molar-refractivity contribution in [3.8, 4) is 0 Å². The van der Waals surface area contributed by atoms with Crippen LogP contribution < -0.4 is 10.2 Å². The van der Waals surface area contributed by atoms with E-state index in [1.807, 2.05) is 0 Å². The van der Waals surface area contributed by atoms with Crippen molar-refractivity contribution in [2.75, 3.05) is 23.4 Å². The number of benzene rings is 1. The van der Waals surface area contributed by atoms with Crippen molar-refractivity contribution < 1.29 is 23.5 Å². The number of aryl methyl sites for hydroxylation is 2. The zero-order valence-electron chi connectivity index (χ0n) is 14.2. The van der Waals surface area contributed by atoms with Crippen molar-refractivity contribution >= 4 is 29.2 Å². The Morgan fingerprint density at radius 2 is 1.92 bits per heavy atom. The summed E-state index contributed by atoms with van der Waals surface area (Å²) < 4.78 is 10.5. The molecule has 0 aliphatic carbocycles. The van der Waals surface area contributed by atoms with Gasteiger partial charge in [-0.1, -0.05) is 12.1 Å². The van der Waals surface area contributed by atoms with E-state index in [9.17, 15) is 14.4 Å². The van der Waals surface area contributed by atoms with E-state index < -0.39 is 18.5 Å². The molecule has 25 heavy (non-hydrogen) atoms. The van der Waals surface area contributed by atoms with Crippen LogP contribution in [0.2, 0.25) is 0 Å². The molecule has 130 valence electrons. The van der Waals surface area contributed by atoms with E-state index in [2.05, 4.69) is 5.32 Å². The third-order valence-corrected chi connectivity index (χ3v) is 4.16. The van der Waals surface area contributed by atoms with E-state index in [1.165, 1.54) is 4.90 Å². The lowest BCUT2D eigenvalue weighted by atomic mass is 10.1. The smallest absolute Gasteiger partial charge is 0.342 e. The van der Waals surface area contributed by atoms with Crippen molar-refractivity contribution in [3.05, 3.63) is 46.9 Å². The Morgan fingerprint density at radius 3 is 2.60 bits per heavy atom. The van der Waals surface area contributed by atoms with Crippen LogP contribution in [0.3, 0.4) is 0 Å². The minimum absolute atomic E-state index is 0.115. The van der Waals surface area contributed by atoms with Gasteiger partial charge in [-0.3, -0.25) is 14.5 Å². The summed E-state index contributed by atoms with van der Waals surface area (Å²) in [6.07, 6.45) is 0. The molecule has 0 spiro atoms. The van der Waals surface area contributed by atoms with Gasteiger partial charge in [-0.25, -0.2) is 4.79 Å². The van der Waals surface area contributed by atoms with Gasteiger partial charge >= 0.3 is 5.97 Å². The molecule has 7 nitrogen and oxygen atoms in total. The molecule has 0 saturated heterocycles. The number of carbonyl (C=O) groups is 3. The largest absolute Gasteiger partial charge is 0.465 e. The number of para-hydroxylation sites is 2. The lowest BCUT2D eigenvalue weighted by Crippen LogP contribution is -2.44. The highest BCUT2D eigenvalue weighted by Crippen LogP contribution is 2.29. The van der Waals surface area contributed by atoms with Crippen molar-refractivity contribution in [3.63, 3.8) is 0 Å². The molecule has 1 aliphatic rings. The molecule has 0 atom stereocenters. The summed E-state index contributed by atoms with van der Waals surface area (Å²) in [6, 6.07) is 6.96. The SMILES string of the molecule is Cc1oc(C)c(C(=O)OCC(=O)N2CC(=O)Nc3ccccc32)c1C. The van der Waals surface area contributed by atoms with Crippen LogP contribution in [-0.2, 0) is 14.3 Å². The first-order valence-electron chi connectivity index (χ1n) is 7.81. The van der Waals surface area contributed by atoms with Crippen molar-refractivity contribution in [2.24, 2.45) is 0 Å². The summed E-state index contributed by atoms with van der Waals surface area (Å²) in [5.41, 5.74) is 2.16. The zero-order valence-corrected chi connectivity index (χ0v) is 14.2. The van der Waals surface area contributed by atoms with Crippen LogP contribution in [0.15, 0.2) is 28.7 Å². The number of hydrogen-bond acceptors (Lipinski definition) is 5. The molecule has 2 amide bonds. The molecule has 0 bridgehead atoms. The van der Waals surface area contributed by atoms with Crippen molar-refractivity contribution in [1.82, 2.24) is 0 Å². The first kappa shape index (κ1) is 16.8. The number of nitrogens with zero attached hydrogens (tertiary/aromatic N) is 1. The van der Waals surface area contributed by atoms with Crippen LogP contribution in [0.5, 0.6) is 0 Å². The maximum atomic E-state index is 12.5. The van der Waals surface area contributed by atoms with Gasteiger partial charge in [0.1, 0.15) is 23.6 Å². The summed E-state index contributed by atoms with van der Waals surface area (Å²) in [4.78, 5) is 37.8. The highest BCUT2D eigenvalue weighted by molar-refractivity contribution is 6.10. The topological polar surface area (TPSA) is 88.8 Å². The number of hydrogen-bond donors (Lipinski definition) is 1. The van der Waals surface area contributed by atoms with Crippen LogP contribution in [0, 0.1) is 20.8 Å². The Hall–Kier alpha value is -3.09. The standard InChI is InChI=1S/C18H18N2O5/c1-10-11(2)25-12(3)17(10)18(23)24-9-16(22)20-8-15(21)19-13-6-4-5-7-14(13)20/h4-7H,8-9H2,1-3H3,(H,19,21).